The summed E-state index contributed by atoms with van der Waals surface area (Å²) in [6, 6.07) is 15.6. The Bertz CT molecular complexity index is 1100. The predicted octanol–water partition coefficient (Wildman–Crippen LogP) is 4.40. The molecule has 3 aromatic rings. The predicted molar refractivity (Wildman–Crippen MR) is 127 cm³/mol. The molecule has 1 heterocycles. The Labute approximate surface area is 196 Å². The molecule has 0 aliphatic heterocycles. The van der Waals surface area contributed by atoms with Crippen molar-refractivity contribution in [2.75, 3.05) is 5.32 Å². The van der Waals surface area contributed by atoms with Crippen LogP contribution in [-0.2, 0) is 6.61 Å². The number of hydrogen-bond donors (Lipinski definition) is 3. The molecule has 0 radical (unpaired) electrons. The fourth-order valence-electron chi connectivity index (χ4n) is 2.95. The highest BCUT2D eigenvalue weighted by Gasteiger charge is 2.24. The molecule has 2 aromatic carbocycles. The molecule has 32 heavy (non-hydrogen) atoms. The normalized spacial score (nSPS) is 12.4. The van der Waals surface area contributed by atoms with Crippen molar-refractivity contribution >= 4 is 34.5 Å². The average molecular weight is 498 g/mol. The van der Waals surface area contributed by atoms with Crippen LogP contribution < -0.4 is 15.4 Å². The van der Waals surface area contributed by atoms with Crippen molar-refractivity contribution in [3.05, 3.63) is 83.2 Å². The van der Waals surface area contributed by atoms with Crippen LogP contribution >= 0.6 is 17.0 Å². The number of halogens is 1. The molecule has 1 aliphatic rings. The van der Waals surface area contributed by atoms with E-state index in [0.717, 1.165) is 18.4 Å². The number of anilines is 1. The van der Waals surface area contributed by atoms with Gasteiger partial charge in [0, 0.05) is 22.9 Å². The smallest absolute Gasteiger partial charge is 0.255 e. The molecule has 0 bridgehead atoms. The van der Waals surface area contributed by atoms with Gasteiger partial charge in [-0.2, -0.15) is 0 Å². The number of nitrogens with one attached hydrogen (secondary N) is 2. The lowest BCUT2D eigenvalue weighted by molar-refractivity contribution is 0.0949. The zero-order valence-corrected chi connectivity index (χ0v) is 19.2. The molecule has 2 amide bonds. The highest BCUT2D eigenvalue weighted by molar-refractivity contribution is 8.93. The van der Waals surface area contributed by atoms with Crippen molar-refractivity contribution in [2.24, 2.45) is 0 Å². The Kier molecular flexibility index (Phi) is 7.48. The van der Waals surface area contributed by atoms with Crippen molar-refractivity contribution in [3.8, 4) is 11.5 Å². The van der Waals surface area contributed by atoms with Crippen LogP contribution in [0, 0.1) is 6.92 Å². The summed E-state index contributed by atoms with van der Waals surface area (Å²) in [6.45, 7) is 2.13. The Balaban J connectivity index is 0.00000289. The molecular weight excluding hydrogens is 474 g/mol. The minimum Gasteiger partial charge on any atom is -0.506 e. The number of ether oxygens (including phenoxy) is 1. The summed E-state index contributed by atoms with van der Waals surface area (Å²) in [5, 5.41) is 15.1. The van der Waals surface area contributed by atoms with Crippen LogP contribution in [0.5, 0.6) is 11.5 Å². The fraction of sp³-hybridized carbons (Fsp3) is 0.208. The first-order valence-corrected chi connectivity index (χ1v) is 10.1. The van der Waals surface area contributed by atoms with Crippen LogP contribution in [-0.4, -0.2) is 27.9 Å². The van der Waals surface area contributed by atoms with E-state index in [4.69, 9.17) is 4.74 Å². The topological polar surface area (TPSA) is 101 Å². The van der Waals surface area contributed by atoms with Crippen LogP contribution in [0.2, 0.25) is 0 Å². The zero-order chi connectivity index (χ0) is 21.8. The average Bonchev–Trinajstić information content (AvgIpc) is 3.59. The SMILES string of the molecule is Br.Cc1ccc(C(=O)NC2CC2)cc1NC(=O)c1ccc(OCc2ccc(O)cn2)cc1. The lowest BCUT2D eigenvalue weighted by Crippen LogP contribution is -2.25. The van der Waals surface area contributed by atoms with Crippen LogP contribution in [0.25, 0.3) is 0 Å². The van der Waals surface area contributed by atoms with Gasteiger partial charge in [-0.25, -0.2) is 0 Å². The third-order valence-electron chi connectivity index (χ3n) is 4.97. The van der Waals surface area contributed by atoms with Gasteiger partial charge in [0.05, 0.1) is 11.9 Å². The van der Waals surface area contributed by atoms with Gasteiger partial charge in [0.25, 0.3) is 11.8 Å². The maximum atomic E-state index is 12.7. The molecule has 1 aromatic heterocycles. The van der Waals surface area contributed by atoms with Crippen molar-refractivity contribution in [1.29, 1.82) is 0 Å². The molecule has 7 nitrogen and oxygen atoms in total. The second kappa shape index (κ2) is 10.3. The summed E-state index contributed by atoms with van der Waals surface area (Å²) in [5.74, 6) is 0.307. The summed E-state index contributed by atoms with van der Waals surface area (Å²) >= 11 is 0. The number of rotatable bonds is 7. The van der Waals surface area contributed by atoms with Gasteiger partial charge in [0.1, 0.15) is 18.1 Å². The van der Waals surface area contributed by atoms with E-state index in [2.05, 4.69) is 15.6 Å². The van der Waals surface area contributed by atoms with Crippen molar-refractivity contribution in [2.45, 2.75) is 32.4 Å². The Hall–Kier alpha value is -3.39. The van der Waals surface area contributed by atoms with E-state index < -0.39 is 0 Å². The molecule has 8 heteroatoms. The maximum Gasteiger partial charge on any atom is 0.255 e. The lowest BCUT2D eigenvalue weighted by atomic mass is 10.1. The van der Waals surface area contributed by atoms with E-state index in [-0.39, 0.29) is 47.2 Å². The first kappa shape index (κ1) is 23.3. The molecule has 0 saturated heterocycles. The Morgan fingerprint density at radius 2 is 1.75 bits per heavy atom. The number of amides is 2. The minimum absolute atomic E-state index is 0. The molecule has 0 atom stereocenters. The molecule has 1 saturated carbocycles. The van der Waals surface area contributed by atoms with Gasteiger partial charge in [0.2, 0.25) is 0 Å². The molecule has 4 rings (SSSR count). The third kappa shape index (κ3) is 6.07. The van der Waals surface area contributed by atoms with Crippen molar-refractivity contribution < 1.29 is 19.4 Å². The number of aromatic hydroxyl groups is 1. The van der Waals surface area contributed by atoms with Crippen LogP contribution in [0.3, 0.4) is 0 Å². The largest absolute Gasteiger partial charge is 0.506 e. The van der Waals surface area contributed by atoms with Crippen LogP contribution in [0.4, 0.5) is 5.69 Å². The van der Waals surface area contributed by atoms with Gasteiger partial charge in [-0.1, -0.05) is 6.07 Å². The first-order valence-electron chi connectivity index (χ1n) is 10.1. The van der Waals surface area contributed by atoms with Gasteiger partial charge in [0.15, 0.2) is 0 Å². The van der Waals surface area contributed by atoms with E-state index >= 15 is 0 Å². The molecule has 1 aliphatic carbocycles. The number of carbonyl (C=O) groups excluding carboxylic acids is 2. The lowest BCUT2D eigenvalue weighted by Gasteiger charge is -2.11. The summed E-state index contributed by atoms with van der Waals surface area (Å²) in [4.78, 5) is 29.0. The number of nitrogens with zero attached hydrogens (tertiary/aromatic N) is 1. The second-order valence-corrected chi connectivity index (χ2v) is 7.55. The zero-order valence-electron chi connectivity index (χ0n) is 17.5. The van der Waals surface area contributed by atoms with Gasteiger partial charge in [-0.05, 0) is 73.9 Å². The van der Waals surface area contributed by atoms with E-state index in [9.17, 15) is 14.7 Å². The van der Waals surface area contributed by atoms with Gasteiger partial charge >= 0.3 is 0 Å². The van der Waals surface area contributed by atoms with Gasteiger partial charge in [-0.15, -0.1) is 17.0 Å². The van der Waals surface area contributed by atoms with E-state index in [0.29, 0.717) is 28.3 Å². The van der Waals surface area contributed by atoms with Gasteiger partial charge in [-0.3, -0.25) is 14.6 Å². The number of carbonyl (C=O) groups is 2. The Morgan fingerprint density at radius 3 is 2.41 bits per heavy atom. The standard InChI is InChI=1S/C24H23N3O4.BrH/c1-15-2-3-17(24(30)26-18-6-7-18)12-22(15)27-23(29)16-4-10-21(11-5-16)31-14-19-8-9-20(28)13-25-19;/h2-5,8-13,18,28H,6-7,14H2,1H3,(H,26,30)(H,27,29);1H. The Morgan fingerprint density at radius 1 is 1.03 bits per heavy atom. The summed E-state index contributed by atoms with van der Waals surface area (Å²) in [6.07, 6.45) is 3.40. The van der Waals surface area contributed by atoms with Gasteiger partial charge < -0.3 is 20.5 Å². The number of aryl methyl sites for hydroxylation is 1. The molecular formula is C24H24BrN3O4. The van der Waals surface area contributed by atoms with E-state index in [1.807, 2.05) is 13.0 Å². The van der Waals surface area contributed by atoms with E-state index in [1.54, 1.807) is 48.5 Å². The molecule has 3 N–H and O–H groups in total. The highest BCUT2D eigenvalue weighted by atomic mass is 79.9. The minimum atomic E-state index is -0.269. The van der Waals surface area contributed by atoms with Crippen molar-refractivity contribution in [1.82, 2.24) is 10.3 Å². The maximum absolute atomic E-state index is 12.7. The van der Waals surface area contributed by atoms with Crippen molar-refractivity contribution in [3.63, 3.8) is 0 Å². The summed E-state index contributed by atoms with van der Waals surface area (Å²) in [7, 11) is 0. The number of benzene rings is 2. The molecule has 0 unspecified atom stereocenters. The first-order chi connectivity index (χ1) is 15.0. The number of pyridine rings is 1. The van der Waals surface area contributed by atoms with Crippen LogP contribution in [0.15, 0.2) is 60.8 Å². The highest BCUT2D eigenvalue weighted by Crippen LogP contribution is 2.22. The quantitative estimate of drug-likeness (QED) is 0.449. The molecule has 0 spiro atoms. The molecule has 1 fully saturated rings. The summed E-state index contributed by atoms with van der Waals surface area (Å²) in [5.41, 5.74) is 3.16. The number of hydrogen-bond acceptors (Lipinski definition) is 5. The summed E-state index contributed by atoms with van der Waals surface area (Å²) < 4.78 is 5.66. The molecule has 166 valence electrons. The van der Waals surface area contributed by atoms with E-state index in [1.165, 1.54) is 6.20 Å². The second-order valence-electron chi connectivity index (χ2n) is 7.55. The van der Waals surface area contributed by atoms with Crippen LogP contribution in [0.1, 0.15) is 44.8 Å². The third-order valence-corrected chi connectivity index (χ3v) is 4.97. The monoisotopic (exact) mass is 497 g/mol. The fourth-order valence-corrected chi connectivity index (χ4v) is 2.95. The number of aromatic nitrogens is 1.